The van der Waals surface area contributed by atoms with Gasteiger partial charge in [-0.3, -0.25) is 14.5 Å². The lowest BCUT2D eigenvalue weighted by atomic mass is 9.99. The lowest BCUT2D eigenvalue weighted by Gasteiger charge is -2.52. The van der Waals surface area contributed by atoms with Gasteiger partial charge >= 0.3 is 22.2 Å². The van der Waals surface area contributed by atoms with Gasteiger partial charge in [0, 0.05) is 0 Å². The number of amides is 3. The SMILES string of the molecule is Cc1ccc(S(=O)(=O)OC2=C(C(=O)OC(c3ccccc3)c3ccccc3)N3C(=O)C(N(C(=O)OC(C)(C)C)C(=O)C(N)c4ccccc4)[C@@H]3SC2)cc1. The van der Waals surface area contributed by atoms with Gasteiger partial charge < -0.3 is 19.4 Å². The lowest BCUT2D eigenvalue weighted by Crippen LogP contribution is -2.73. The van der Waals surface area contributed by atoms with E-state index in [1.807, 2.05) is 0 Å². The molecule has 0 spiro atoms. The molecule has 0 saturated carbocycles. The van der Waals surface area contributed by atoms with E-state index < -0.39 is 68.9 Å². The summed E-state index contributed by atoms with van der Waals surface area (Å²) in [4.78, 5) is 58.1. The summed E-state index contributed by atoms with van der Waals surface area (Å²) in [5.74, 6) is -3.44. The number of hydrogen-bond acceptors (Lipinski definition) is 11. The monoisotopic (exact) mass is 769 g/mol. The second-order valence-electron chi connectivity index (χ2n) is 13.7. The predicted molar refractivity (Wildman–Crippen MR) is 201 cm³/mol. The number of carbonyl (C=O) groups excluding carboxylic acids is 4. The van der Waals surface area contributed by atoms with Gasteiger partial charge in [-0.1, -0.05) is 109 Å². The Hall–Kier alpha value is -5.44. The van der Waals surface area contributed by atoms with Crippen molar-refractivity contribution in [1.29, 1.82) is 0 Å². The summed E-state index contributed by atoms with van der Waals surface area (Å²) in [6.45, 7) is 6.63. The Morgan fingerprint density at radius 2 is 1.35 bits per heavy atom. The maximum absolute atomic E-state index is 14.4. The van der Waals surface area contributed by atoms with Crippen molar-refractivity contribution in [2.45, 2.75) is 61.8 Å². The van der Waals surface area contributed by atoms with Gasteiger partial charge in [-0.2, -0.15) is 8.42 Å². The number of rotatable bonds is 10. The number of nitrogens with two attached hydrogens (primary N) is 1. The van der Waals surface area contributed by atoms with Gasteiger partial charge in [-0.25, -0.2) is 14.5 Å². The van der Waals surface area contributed by atoms with E-state index in [0.717, 1.165) is 22.2 Å². The number of carbonyl (C=O) groups is 4. The van der Waals surface area contributed by atoms with Crippen molar-refractivity contribution in [2.24, 2.45) is 5.73 Å². The minimum atomic E-state index is -4.50. The van der Waals surface area contributed by atoms with Crippen LogP contribution in [-0.4, -0.2) is 64.9 Å². The first kappa shape index (κ1) is 38.3. The molecule has 14 heteroatoms. The third kappa shape index (κ3) is 8.05. The highest BCUT2D eigenvalue weighted by Gasteiger charge is 2.60. The zero-order valence-corrected chi connectivity index (χ0v) is 31.6. The van der Waals surface area contributed by atoms with Crippen LogP contribution in [0.5, 0.6) is 0 Å². The van der Waals surface area contributed by atoms with Gasteiger partial charge in [0.2, 0.25) is 0 Å². The van der Waals surface area contributed by atoms with Crippen molar-refractivity contribution >= 4 is 45.8 Å². The molecule has 4 aromatic rings. The zero-order valence-electron chi connectivity index (χ0n) is 29.9. The Labute approximate surface area is 318 Å². The molecule has 0 aromatic heterocycles. The molecule has 6 rings (SSSR count). The van der Waals surface area contributed by atoms with Gasteiger partial charge in [-0.15, -0.1) is 11.8 Å². The molecule has 3 amide bonds. The van der Waals surface area contributed by atoms with E-state index in [1.54, 1.807) is 131 Å². The first-order valence-corrected chi connectivity index (χ1v) is 19.5. The second kappa shape index (κ2) is 15.5. The molecule has 0 aliphatic carbocycles. The molecular weight excluding hydrogens is 731 g/mol. The van der Waals surface area contributed by atoms with Crippen molar-refractivity contribution in [3.63, 3.8) is 0 Å². The summed E-state index contributed by atoms with van der Waals surface area (Å²) >= 11 is 1.00. The van der Waals surface area contributed by atoms with E-state index in [4.69, 9.17) is 19.4 Å². The fraction of sp³-hybridized carbons (Fsp3) is 0.250. The van der Waals surface area contributed by atoms with E-state index in [0.29, 0.717) is 21.6 Å². The van der Waals surface area contributed by atoms with Gasteiger partial charge in [0.25, 0.3) is 11.8 Å². The van der Waals surface area contributed by atoms with Crippen LogP contribution in [-0.2, 0) is 38.2 Å². The Balaban J connectivity index is 1.41. The van der Waals surface area contributed by atoms with Gasteiger partial charge in [-0.05, 0) is 56.5 Å². The Kier molecular flexibility index (Phi) is 11.0. The molecule has 54 heavy (non-hydrogen) atoms. The summed E-state index contributed by atoms with van der Waals surface area (Å²) in [5, 5.41) is -1.05. The van der Waals surface area contributed by atoms with Gasteiger partial charge in [0.1, 0.15) is 21.9 Å². The average Bonchev–Trinajstić information content (AvgIpc) is 3.15. The van der Waals surface area contributed by atoms with Crippen LogP contribution in [0.3, 0.4) is 0 Å². The molecule has 0 radical (unpaired) electrons. The summed E-state index contributed by atoms with van der Waals surface area (Å²) in [6, 6.07) is 29.3. The molecule has 4 aromatic carbocycles. The smallest absolute Gasteiger partial charge is 0.417 e. The average molecular weight is 770 g/mol. The molecule has 3 atom stereocenters. The highest BCUT2D eigenvalue weighted by Crippen LogP contribution is 2.45. The van der Waals surface area contributed by atoms with E-state index in [1.165, 1.54) is 12.1 Å². The fourth-order valence-electron chi connectivity index (χ4n) is 5.97. The van der Waals surface area contributed by atoms with Crippen LogP contribution >= 0.6 is 11.8 Å². The molecule has 0 bridgehead atoms. The molecule has 1 saturated heterocycles. The summed E-state index contributed by atoms with van der Waals surface area (Å²) in [6.07, 6.45) is -2.07. The van der Waals surface area contributed by atoms with Crippen molar-refractivity contribution in [3.8, 4) is 0 Å². The number of nitrogens with zero attached hydrogens (tertiary/aromatic N) is 2. The largest absolute Gasteiger partial charge is 0.448 e. The summed E-state index contributed by atoms with van der Waals surface area (Å²) < 4.78 is 44.5. The molecular formula is C40H39N3O9S2. The van der Waals surface area contributed by atoms with E-state index >= 15 is 0 Å². The third-order valence-electron chi connectivity index (χ3n) is 8.58. The van der Waals surface area contributed by atoms with Crippen LogP contribution in [0.15, 0.2) is 132 Å². The number of hydrogen-bond donors (Lipinski definition) is 1. The number of β-lactam (4-membered cyclic amide) rings is 1. The number of esters is 1. The Morgan fingerprint density at radius 3 is 1.87 bits per heavy atom. The molecule has 2 N–H and O–H groups in total. The van der Waals surface area contributed by atoms with Crippen LogP contribution in [0, 0.1) is 6.92 Å². The van der Waals surface area contributed by atoms with E-state index in [-0.39, 0.29) is 16.4 Å². The first-order valence-electron chi connectivity index (χ1n) is 17.0. The maximum atomic E-state index is 14.4. The number of imide groups is 1. The molecule has 280 valence electrons. The molecule has 12 nitrogen and oxygen atoms in total. The molecule has 2 aliphatic heterocycles. The van der Waals surface area contributed by atoms with Crippen molar-refractivity contribution in [2.75, 3.05) is 5.75 Å². The normalized spacial score (nSPS) is 17.6. The Morgan fingerprint density at radius 1 is 0.833 bits per heavy atom. The van der Waals surface area contributed by atoms with Crippen LogP contribution in [0.1, 0.15) is 55.2 Å². The molecule has 1 fully saturated rings. The van der Waals surface area contributed by atoms with Crippen molar-refractivity contribution < 1.29 is 41.3 Å². The van der Waals surface area contributed by atoms with Crippen LogP contribution < -0.4 is 5.73 Å². The number of benzene rings is 4. The maximum Gasteiger partial charge on any atom is 0.417 e. The van der Waals surface area contributed by atoms with E-state index in [2.05, 4.69) is 0 Å². The fourth-order valence-corrected chi connectivity index (χ4v) is 8.31. The lowest BCUT2D eigenvalue weighted by molar-refractivity contribution is -0.161. The van der Waals surface area contributed by atoms with Gasteiger partial charge in [0.15, 0.2) is 23.6 Å². The standard InChI is InChI=1S/C40H39N3O9S2/c1-25-20-22-29(23-21-25)54(48,49)52-30-24-53-37-33(43(39(47)51-40(2,3)4)35(44)31(41)26-14-8-5-9-15-26)36(45)42(37)32(30)38(46)50-34(27-16-10-6-11-17-27)28-18-12-7-13-19-28/h5-23,31,33-34,37H,24,41H2,1-4H3/t31?,33?,37-/m0/s1. The first-order chi connectivity index (χ1) is 25.7. The minimum absolute atomic E-state index is 0.170. The van der Waals surface area contributed by atoms with Crippen LogP contribution in [0.2, 0.25) is 0 Å². The number of fused-ring (bicyclic) bond motifs is 1. The zero-order chi connectivity index (χ0) is 38.8. The number of ether oxygens (including phenoxy) is 2. The highest BCUT2D eigenvalue weighted by molar-refractivity contribution is 8.00. The number of thioether (sulfide) groups is 1. The second-order valence-corrected chi connectivity index (χ2v) is 16.3. The quantitative estimate of drug-likeness (QED) is 0.115. The Bertz CT molecular complexity index is 2130. The molecule has 2 aliphatic rings. The van der Waals surface area contributed by atoms with Gasteiger partial charge in [0.05, 0.1) is 5.75 Å². The summed E-state index contributed by atoms with van der Waals surface area (Å²) in [7, 11) is -4.50. The topological polar surface area (TPSA) is 163 Å². The highest BCUT2D eigenvalue weighted by atomic mass is 32.2. The predicted octanol–water partition coefficient (Wildman–Crippen LogP) is 5.99. The van der Waals surface area contributed by atoms with Crippen LogP contribution in [0.25, 0.3) is 0 Å². The van der Waals surface area contributed by atoms with Crippen molar-refractivity contribution in [3.05, 3.63) is 149 Å². The minimum Gasteiger partial charge on any atom is -0.448 e. The summed E-state index contributed by atoms with van der Waals surface area (Å²) in [5.41, 5.74) is 7.27. The number of aryl methyl sites for hydroxylation is 1. The third-order valence-corrected chi connectivity index (χ3v) is 11.1. The van der Waals surface area contributed by atoms with Crippen molar-refractivity contribution in [1.82, 2.24) is 9.80 Å². The van der Waals surface area contributed by atoms with Crippen LogP contribution in [0.4, 0.5) is 4.79 Å². The van der Waals surface area contributed by atoms with E-state index in [9.17, 15) is 27.6 Å². The molecule has 2 unspecified atom stereocenters. The molecule has 2 heterocycles.